The molecule has 0 spiro atoms. The summed E-state index contributed by atoms with van der Waals surface area (Å²) in [6, 6.07) is 7.43. The molecule has 126 valence electrons. The van der Waals surface area contributed by atoms with E-state index in [1.54, 1.807) is 10.3 Å². The van der Waals surface area contributed by atoms with Crippen LogP contribution in [0.4, 0.5) is 0 Å². The molecule has 2 heterocycles. The standard InChI is InChI=1S/C17H18N2O4S/c1-11-4-2-3-5-13(11)16-18-14(10-24-16)17(22)19-6-7-23-9-12(19)8-15(20)21/h2-5,10,12H,6-9H2,1H3,(H,20,21). The Balaban J connectivity index is 1.82. The molecular formula is C17H18N2O4S. The van der Waals surface area contributed by atoms with Crippen LogP contribution < -0.4 is 0 Å². The van der Waals surface area contributed by atoms with Crippen molar-refractivity contribution in [3.05, 3.63) is 40.9 Å². The number of aromatic nitrogens is 1. The van der Waals surface area contributed by atoms with E-state index in [0.29, 0.717) is 18.8 Å². The zero-order chi connectivity index (χ0) is 17.1. The van der Waals surface area contributed by atoms with E-state index in [9.17, 15) is 9.59 Å². The average molecular weight is 346 g/mol. The van der Waals surface area contributed by atoms with Crippen molar-refractivity contribution < 1.29 is 19.4 Å². The fraction of sp³-hybridized carbons (Fsp3) is 0.353. The van der Waals surface area contributed by atoms with Crippen LogP contribution in [0.15, 0.2) is 29.6 Å². The third-order valence-corrected chi connectivity index (χ3v) is 4.87. The third-order valence-electron chi connectivity index (χ3n) is 4.00. The van der Waals surface area contributed by atoms with Crippen LogP contribution in [-0.2, 0) is 9.53 Å². The number of carboxylic acid groups (broad SMARTS) is 1. The normalized spacial score (nSPS) is 17.7. The van der Waals surface area contributed by atoms with E-state index in [4.69, 9.17) is 9.84 Å². The largest absolute Gasteiger partial charge is 0.481 e. The van der Waals surface area contributed by atoms with Crippen molar-refractivity contribution in [3.63, 3.8) is 0 Å². The second kappa shape index (κ2) is 7.11. The summed E-state index contributed by atoms with van der Waals surface area (Å²) < 4.78 is 5.31. The van der Waals surface area contributed by atoms with Crippen molar-refractivity contribution in [1.82, 2.24) is 9.88 Å². The summed E-state index contributed by atoms with van der Waals surface area (Å²) >= 11 is 1.42. The van der Waals surface area contributed by atoms with Gasteiger partial charge in [0.25, 0.3) is 5.91 Å². The van der Waals surface area contributed by atoms with Crippen LogP contribution in [0.2, 0.25) is 0 Å². The highest BCUT2D eigenvalue weighted by Gasteiger charge is 2.31. The lowest BCUT2D eigenvalue weighted by molar-refractivity contribution is -0.139. The lowest BCUT2D eigenvalue weighted by atomic mass is 10.1. The van der Waals surface area contributed by atoms with E-state index >= 15 is 0 Å². The first-order valence-electron chi connectivity index (χ1n) is 7.68. The SMILES string of the molecule is Cc1ccccc1-c1nc(C(=O)N2CCOCC2CC(=O)O)cs1. The maximum atomic E-state index is 12.7. The van der Waals surface area contributed by atoms with Gasteiger partial charge < -0.3 is 14.7 Å². The summed E-state index contributed by atoms with van der Waals surface area (Å²) in [5, 5.41) is 11.5. The lowest BCUT2D eigenvalue weighted by Crippen LogP contribution is -2.49. The molecule has 7 heteroatoms. The lowest BCUT2D eigenvalue weighted by Gasteiger charge is -2.34. The van der Waals surface area contributed by atoms with Crippen LogP contribution in [0.1, 0.15) is 22.5 Å². The molecule has 1 N–H and O–H groups in total. The number of hydrogen-bond donors (Lipinski definition) is 1. The van der Waals surface area contributed by atoms with Crippen molar-refractivity contribution in [2.24, 2.45) is 0 Å². The van der Waals surface area contributed by atoms with Crippen LogP contribution in [0.25, 0.3) is 10.6 Å². The van der Waals surface area contributed by atoms with Crippen molar-refractivity contribution >= 4 is 23.2 Å². The number of aliphatic carboxylic acids is 1. The second-order valence-corrected chi connectivity index (χ2v) is 6.54. The molecule has 1 atom stereocenters. The van der Waals surface area contributed by atoms with Crippen LogP contribution in [0.3, 0.4) is 0 Å². The first kappa shape index (κ1) is 16.6. The van der Waals surface area contributed by atoms with Gasteiger partial charge in [-0.2, -0.15) is 0 Å². The molecule has 0 saturated carbocycles. The van der Waals surface area contributed by atoms with Gasteiger partial charge in [-0.25, -0.2) is 4.98 Å². The van der Waals surface area contributed by atoms with Crippen LogP contribution in [0, 0.1) is 6.92 Å². The third kappa shape index (κ3) is 3.47. The first-order chi connectivity index (χ1) is 11.6. The minimum absolute atomic E-state index is 0.124. The number of benzene rings is 1. The van der Waals surface area contributed by atoms with Crippen LogP contribution in [0.5, 0.6) is 0 Å². The molecule has 1 fully saturated rings. The number of rotatable bonds is 4. The number of hydrogen-bond acceptors (Lipinski definition) is 5. The summed E-state index contributed by atoms with van der Waals surface area (Å²) in [5.41, 5.74) is 2.46. The molecule has 24 heavy (non-hydrogen) atoms. The molecule has 0 radical (unpaired) electrons. The Morgan fingerprint density at radius 1 is 1.42 bits per heavy atom. The van der Waals surface area contributed by atoms with Gasteiger partial charge in [0.2, 0.25) is 0 Å². The number of carbonyl (C=O) groups excluding carboxylic acids is 1. The average Bonchev–Trinajstić information content (AvgIpc) is 3.04. The Bertz CT molecular complexity index is 759. The van der Waals surface area contributed by atoms with Crippen molar-refractivity contribution in [2.45, 2.75) is 19.4 Å². The number of carboxylic acids is 1. The highest BCUT2D eigenvalue weighted by Crippen LogP contribution is 2.27. The molecule has 2 aromatic rings. The van der Waals surface area contributed by atoms with E-state index in [1.807, 2.05) is 31.2 Å². The highest BCUT2D eigenvalue weighted by molar-refractivity contribution is 7.13. The van der Waals surface area contributed by atoms with Crippen molar-refractivity contribution in [1.29, 1.82) is 0 Å². The molecule has 3 rings (SSSR count). The van der Waals surface area contributed by atoms with Gasteiger partial charge in [0.1, 0.15) is 10.7 Å². The number of amides is 1. The molecule has 1 aromatic heterocycles. The van der Waals surface area contributed by atoms with Gasteiger partial charge in [-0.1, -0.05) is 24.3 Å². The highest BCUT2D eigenvalue weighted by atomic mass is 32.1. The number of carbonyl (C=O) groups is 2. The van der Waals surface area contributed by atoms with Crippen LogP contribution in [-0.4, -0.2) is 52.7 Å². The Kier molecular flexibility index (Phi) is 4.92. The molecule has 1 aliphatic heterocycles. The molecule has 1 aromatic carbocycles. The molecule has 0 aliphatic carbocycles. The Labute approximate surface area is 143 Å². The smallest absolute Gasteiger partial charge is 0.305 e. The summed E-state index contributed by atoms with van der Waals surface area (Å²) in [7, 11) is 0. The predicted octanol–water partition coefficient (Wildman–Crippen LogP) is 2.43. The topological polar surface area (TPSA) is 79.7 Å². The first-order valence-corrected chi connectivity index (χ1v) is 8.56. The fourth-order valence-electron chi connectivity index (χ4n) is 2.75. The second-order valence-electron chi connectivity index (χ2n) is 5.68. The Morgan fingerprint density at radius 3 is 2.96 bits per heavy atom. The fourth-order valence-corrected chi connectivity index (χ4v) is 3.63. The minimum Gasteiger partial charge on any atom is -0.481 e. The summed E-state index contributed by atoms with van der Waals surface area (Å²) in [6.45, 7) is 3.04. The maximum Gasteiger partial charge on any atom is 0.305 e. The molecule has 1 aliphatic rings. The van der Waals surface area contributed by atoms with Gasteiger partial charge in [-0.15, -0.1) is 11.3 Å². The predicted molar refractivity (Wildman–Crippen MR) is 90.2 cm³/mol. The molecule has 1 unspecified atom stereocenters. The van der Waals surface area contributed by atoms with Gasteiger partial charge in [0, 0.05) is 17.5 Å². The number of aryl methyl sites for hydroxylation is 1. The zero-order valence-electron chi connectivity index (χ0n) is 13.3. The summed E-state index contributed by atoms with van der Waals surface area (Å²) in [5.74, 6) is -1.18. The van der Waals surface area contributed by atoms with E-state index in [2.05, 4.69) is 4.98 Å². The molecular weight excluding hydrogens is 328 g/mol. The zero-order valence-corrected chi connectivity index (χ0v) is 14.1. The van der Waals surface area contributed by atoms with Gasteiger partial charge in [-0.3, -0.25) is 9.59 Å². The quantitative estimate of drug-likeness (QED) is 0.920. The van der Waals surface area contributed by atoms with E-state index < -0.39 is 12.0 Å². The maximum absolute atomic E-state index is 12.7. The van der Waals surface area contributed by atoms with Gasteiger partial charge >= 0.3 is 5.97 Å². The molecule has 6 nitrogen and oxygen atoms in total. The summed E-state index contributed by atoms with van der Waals surface area (Å²) in [6.07, 6.45) is -0.124. The number of morpholine rings is 1. The van der Waals surface area contributed by atoms with Gasteiger partial charge in [-0.05, 0) is 12.5 Å². The van der Waals surface area contributed by atoms with E-state index in [1.165, 1.54) is 11.3 Å². The van der Waals surface area contributed by atoms with Crippen LogP contribution >= 0.6 is 11.3 Å². The number of ether oxygens (including phenoxy) is 1. The van der Waals surface area contributed by atoms with Crippen molar-refractivity contribution in [2.75, 3.05) is 19.8 Å². The molecule has 1 amide bonds. The Morgan fingerprint density at radius 2 is 2.21 bits per heavy atom. The minimum atomic E-state index is -0.942. The monoisotopic (exact) mass is 346 g/mol. The van der Waals surface area contributed by atoms with Gasteiger partial charge in [0.05, 0.1) is 25.7 Å². The molecule has 1 saturated heterocycles. The van der Waals surface area contributed by atoms with Crippen molar-refractivity contribution in [3.8, 4) is 10.6 Å². The number of thiazole rings is 1. The van der Waals surface area contributed by atoms with E-state index in [-0.39, 0.29) is 18.9 Å². The number of nitrogens with zero attached hydrogens (tertiary/aromatic N) is 2. The Hall–Kier alpha value is -2.25. The van der Waals surface area contributed by atoms with Gasteiger partial charge in [0.15, 0.2) is 0 Å². The van der Waals surface area contributed by atoms with E-state index in [0.717, 1.165) is 16.1 Å². The molecule has 0 bridgehead atoms. The summed E-state index contributed by atoms with van der Waals surface area (Å²) in [4.78, 5) is 29.8.